The Morgan fingerprint density at radius 2 is 1.74 bits per heavy atom. The minimum atomic E-state index is -1.82. The number of rotatable bonds is 8. The molecule has 176 valence electrons. The molecule has 3 N–H and O–H groups in total. The van der Waals surface area contributed by atoms with E-state index in [0.29, 0.717) is 11.3 Å². The lowest BCUT2D eigenvalue weighted by atomic mass is 9.65. The summed E-state index contributed by atoms with van der Waals surface area (Å²) in [5.74, 6) is -1.43. The van der Waals surface area contributed by atoms with Gasteiger partial charge in [-0.25, -0.2) is 9.59 Å². The molecule has 1 aromatic carbocycles. The average Bonchev–Trinajstić information content (AvgIpc) is 2.70. The first kappa shape index (κ1) is 26.7. The number of ether oxygens (including phenoxy) is 3. The van der Waals surface area contributed by atoms with Crippen molar-refractivity contribution in [3.63, 3.8) is 0 Å². The standard InChI is InChI=1S/C21H35NO3.C2H2O4/c1-16(2)21(10-12-25-20(3,4)15-21)9-11-22-14-17-7-8-18(23-5)19(13-17)24-6;3-1(4)2(5)6/h7-8,13,16,22H,9-12,14-15H2,1-6H3;(H,3,4)(H,5,6). The molecule has 0 radical (unpaired) electrons. The number of nitrogens with one attached hydrogen (secondary N) is 1. The van der Waals surface area contributed by atoms with Crippen LogP contribution >= 0.6 is 0 Å². The Morgan fingerprint density at radius 1 is 1.13 bits per heavy atom. The van der Waals surface area contributed by atoms with Crippen molar-refractivity contribution in [2.75, 3.05) is 27.4 Å². The Bertz CT molecular complexity index is 721. The van der Waals surface area contributed by atoms with E-state index in [4.69, 9.17) is 34.0 Å². The van der Waals surface area contributed by atoms with Gasteiger partial charge in [0.1, 0.15) is 0 Å². The summed E-state index contributed by atoms with van der Waals surface area (Å²) >= 11 is 0. The second-order valence-electron chi connectivity index (χ2n) is 8.78. The van der Waals surface area contributed by atoms with Crippen molar-refractivity contribution in [2.24, 2.45) is 11.3 Å². The molecule has 0 aromatic heterocycles. The number of methoxy groups -OCH3 is 2. The Balaban J connectivity index is 0.000000703. The van der Waals surface area contributed by atoms with Gasteiger partial charge in [-0.2, -0.15) is 0 Å². The summed E-state index contributed by atoms with van der Waals surface area (Å²) in [4.78, 5) is 18.2. The first-order valence-electron chi connectivity index (χ1n) is 10.5. The first-order chi connectivity index (χ1) is 14.5. The zero-order valence-corrected chi connectivity index (χ0v) is 19.5. The second-order valence-corrected chi connectivity index (χ2v) is 8.78. The smallest absolute Gasteiger partial charge is 0.414 e. The summed E-state index contributed by atoms with van der Waals surface area (Å²) in [7, 11) is 3.34. The Hall–Kier alpha value is -2.32. The third-order valence-electron chi connectivity index (χ3n) is 5.85. The van der Waals surface area contributed by atoms with Crippen molar-refractivity contribution in [3.8, 4) is 11.5 Å². The van der Waals surface area contributed by atoms with Crippen LogP contribution in [-0.2, 0) is 20.9 Å². The fourth-order valence-electron chi connectivity index (χ4n) is 4.07. The molecule has 8 heteroatoms. The minimum absolute atomic E-state index is 0.00807. The Morgan fingerprint density at radius 3 is 2.23 bits per heavy atom. The lowest BCUT2D eigenvalue weighted by Crippen LogP contribution is -2.45. The normalized spacial score (nSPS) is 19.8. The Labute approximate surface area is 184 Å². The molecule has 8 nitrogen and oxygen atoms in total. The number of carboxylic acids is 2. The molecule has 1 aliphatic heterocycles. The lowest BCUT2D eigenvalue weighted by Gasteiger charge is -2.48. The van der Waals surface area contributed by atoms with E-state index < -0.39 is 11.9 Å². The molecule has 1 saturated heterocycles. The number of hydrogen-bond donors (Lipinski definition) is 3. The number of benzene rings is 1. The molecular weight excluding hydrogens is 402 g/mol. The van der Waals surface area contributed by atoms with Crippen LogP contribution in [0.1, 0.15) is 52.5 Å². The van der Waals surface area contributed by atoms with E-state index in [-0.39, 0.29) is 5.60 Å². The molecule has 1 unspecified atom stereocenters. The summed E-state index contributed by atoms with van der Waals surface area (Å²) < 4.78 is 16.6. The predicted molar refractivity (Wildman–Crippen MR) is 118 cm³/mol. The van der Waals surface area contributed by atoms with E-state index in [1.165, 1.54) is 12.0 Å². The molecule has 1 aromatic rings. The first-order valence-corrected chi connectivity index (χ1v) is 10.5. The zero-order valence-electron chi connectivity index (χ0n) is 19.5. The van der Waals surface area contributed by atoms with Crippen LogP contribution in [0.5, 0.6) is 11.5 Å². The van der Waals surface area contributed by atoms with Crippen molar-refractivity contribution < 1.29 is 34.0 Å². The van der Waals surface area contributed by atoms with Crippen LogP contribution in [0.4, 0.5) is 0 Å². The Kier molecular flexibility index (Phi) is 10.3. The molecule has 0 saturated carbocycles. The van der Waals surface area contributed by atoms with Gasteiger partial charge in [0, 0.05) is 13.2 Å². The third kappa shape index (κ3) is 8.38. The van der Waals surface area contributed by atoms with Crippen molar-refractivity contribution in [3.05, 3.63) is 23.8 Å². The van der Waals surface area contributed by atoms with Crippen LogP contribution in [0.25, 0.3) is 0 Å². The van der Waals surface area contributed by atoms with Crippen LogP contribution in [0.2, 0.25) is 0 Å². The third-order valence-corrected chi connectivity index (χ3v) is 5.85. The molecule has 1 fully saturated rings. The maximum atomic E-state index is 9.10. The van der Waals surface area contributed by atoms with Gasteiger partial charge in [-0.1, -0.05) is 19.9 Å². The number of hydrogen-bond acceptors (Lipinski definition) is 6. The summed E-state index contributed by atoms with van der Waals surface area (Å²) in [6, 6.07) is 6.10. The van der Waals surface area contributed by atoms with Gasteiger partial charge in [0.25, 0.3) is 0 Å². The lowest BCUT2D eigenvalue weighted by molar-refractivity contribution is -0.159. The summed E-state index contributed by atoms with van der Waals surface area (Å²) in [6.07, 6.45) is 3.48. The van der Waals surface area contributed by atoms with Crippen molar-refractivity contribution in [2.45, 2.75) is 59.1 Å². The molecule has 2 rings (SSSR count). The average molecular weight is 440 g/mol. The minimum Gasteiger partial charge on any atom is -0.493 e. The highest BCUT2D eigenvalue weighted by atomic mass is 16.5. The fourth-order valence-corrected chi connectivity index (χ4v) is 4.07. The maximum absolute atomic E-state index is 9.10. The predicted octanol–water partition coefficient (Wildman–Crippen LogP) is 3.57. The summed E-state index contributed by atoms with van der Waals surface area (Å²) in [5.41, 5.74) is 1.57. The summed E-state index contributed by atoms with van der Waals surface area (Å²) in [6.45, 7) is 11.9. The van der Waals surface area contributed by atoms with E-state index in [2.05, 4.69) is 39.1 Å². The summed E-state index contributed by atoms with van der Waals surface area (Å²) in [5, 5.41) is 18.4. The van der Waals surface area contributed by atoms with Crippen LogP contribution < -0.4 is 14.8 Å². The number of carboxylic acid groups (broad SMARTS) is 2. The van der Waals surface area contributed by atoms with Gasteiger partial charge in [-0.05, 0) is 68.7 Å². The molecule has 0 amide bonds. The van der Waals surface area contributed by atoms with Gasteiger partial charge < -0.3 is 29.7 Å². The van der Waals surface area contributed by atoms with E-state index >= 15 is 0 Å². The van der Waals surface area contributed by atoms with Crippen molar-refractivity contribution >= 4 is 11.9 Å². The highest BCUT2D eigenvalue weighted by molar-refractivity contribution is 6.27. The zero-order chi connectivity index (χ0) is 23.7. The molecule has 0 aliphatic carbocycles. The second kappa shape index (κ2) is 11.9. The molecule has 0 bridgehead atoms. The van der Waals surface area contributed by atoms with Crippen LogP contribution in [0.3, 0.4) is 0 Å². The molecular formula is C23H37NO7. The molecule has 31 heavy (non-hydrogen) atoms. The highest BCUT2D eigenvalue weighted by Gasteiger charge is 2.42. The van der Waals surface area contributed by atoms with Gasteiger partial charge in [0.2, 0.25) is 0 Å². The molecule has 1 aliphatic rings. The van der Waals surface area contributed by atoms with E-state index in [1.807, 2.05) is 12.1 Å². The van der Waals surface area contributed by atoms with Crippen molar-refractivity contribution in [1.29, 1.82) is 0 Å². The van der Waals surface area contributed by atoms with Gasteiger partial charge in [0.05, 0.1) is 19.8 Å². The van der Waals surface area contributed by atoms with Crippen LogP contribution in [-0.4, -0.2) is 55.1 Å². The van der Waals surface area contributed by atoms with E-state index in [9.17, 15) is 0 Å². The van der Waals surface area contributed by atoms with Gasteiger partial charge in [0.15, 0.2) is 11.5 Å². The molecule has 1 heterocycles. The number of aliphatic carboxylic acids is 2. The number of carbonyl (C=O) groups is 2. The molecule has 1 atom stereocenters. The monoisotopic (exact) mass is 439 g/mol. The topological polar surface area (TPSA) is 114 Å². The van der Waals surface area contributed by atoms with E-state index in [1.54, 1.807) is 14.2 Å². The fraction of sp³-hybridized carbons (Fsp3) is 0.652. The molecule has 0 spiro atoms. The van der Waals surface area contributed by atoms with Crippen molar-refractivity contribution in [1.82, 2.24) is 5.32 Å². The highest BCUT2D eigenvalue weighted by Crippen LogP contribution is 2.46. The van der Waals surface area contributed by atoms with Crippen LogP contribution in [0.15, 0.2) is 18.2 Å². The van der Waals surface area contributed by atoms with Gasteiger partial charge >= 0.3 is 11.9 Å². The van der Waals surface area contributed by atoms with Gasteiger partial charge in [-0.3, -0.25) is 0 Å². The largest absolute Gasteiger partial charge is 0.493 e. The quantitative estimate of drug-likeness (QED) is 0.416. The maximum Gasteiger partial charge on any atom is 0.414 e. The van der Waals surface area contributed by atoms with Gasteiger partial charge in [-0.15, -0.1) is 0 Å². The SMILES string of the molecule is COc1ccc(CNCCC2(C(C)C)CCOC(C)(C)C2)cc1OC.O=C(O)C(=O)O. The van der Waals surface area contributed by atoms with E-state index in [0.717, 1.165) is 44.0 Å². The van der Waals surface area contributed by atoms with Crippen LogP contribution in [0, 0.1) is 11.3 Å².